The normalized spacial score (nSPS) is 25.1. The molecule has 0 aromatic heterocycles. The fraction of sp³-hybridized carbons (Fsp3) is 0.458. The molecule has 3 aliphatic rings. The highest BCUT2D eigenvalue weighted by Crippen LogP contribution is 2.28. The first kappa shape index (κ1) is 21.6. The average Bonchev–Trinajstić information content (AvgIpc) is 2.77. The number of amidine groups is 1. The van der Waals surface area contributed by atoms with Gasteiger partial charge >= 0.3 is 0 Å². The number of hydrogen-bond acceptors (Lipinski definition) is 6. The molecule has 1 N–H and O–H groups in total. The summed E-state index contributed by atoms with van der Waals surface area (Å²) in [7, 11) is 1.92. The van der Waals surface area contributed by atoms with Gasteiger partial charge in [0.1, 0.15) is 29.8 Å². The maximum absolute atomic E-state index is 14.8. The number of nitrogens with one attached hydrogen (secondary N) is 1. The minimum atomic E-state index is -0.307. The Bertz CT molecular complexity index is 916. The third-order valence-electron chi connectivity index (χ3n) is 6.08. The van der Waals surface area contributed by atoms with Crippen LogP contribution in [0.25, 0.3) is 5.57 Å². The maximum Gasteiger partial charge on any atom is 0.131 e. The molecule has 6 nitrogen and oxygen atoms in total. The zero-order chi connectivity index (χ0) is 21.8. The summed E-state index contributed by atoms with van der Waals surface area (Å²) >= 11 is 0. The van der Waals surface area contributed by atoms with Gasteiger partial charge in [0, 0.05) is 52.0 Å². The number of nitrogens with zero attached hydrogens (tertiary/aromatic N) is 4. The largest absolute Gasteiger partial charge is 0.492 e. The first-order valence-electron chi connectivity index (χ1n) is 11.1. The zero-order valence-electron chi connectivity index (χ0n) is 18.5. The molecule has 1 aromatic rings. The fourth-order valence-corrected chi connectivity index (χ4v) is 4.41. The lowest BCUT2D eigenvalue weighted by molar-refractivity contribution is 0.0486. The van der Waals surface area contributed by atoms with Crippen molar-refractivity contribution in [3.05, 3.63) is 60.3 Å². The summed E-state index contributed by atoms with van der Waals surface area (Å²) in [5, 5.41) is 3.35. The summed E-state index contributed by atoms with van der Waals surface area (Å²) in [5.74, 6) is 1.89. The van der Waals surface area contributed by atoms with Gasteiger partial charge < -0.3 is 19.9 Å². The molecular weight excluding hydrogens is 393 g/mol. The van der Waals surface area contributed by atoms with Crippen molar-refractivity contribution in [2.45, 2.75) is 19.4 Å². The number of aliphatic imine (C=N–C) groups is 1. The van der Waals surface area contributed by atoms with Crippen molar-refractivity contribution in [2.24, 2.45) is 4.99 Å². The summed E-state index contributed by atoms with van der Waals surface area (Å²) < 4.78 is 21.0. The summed E-state index contributed by atoms with van der Waals surface area (Å²) in [6, 6.07) is 5.23. The maximum atomic E-state index is 14.8. The van der Waals surface area contributed by atoms with Crippen LogP contribution in [0.4, 0.5) is 4.39 Å². The number of halogens is 1. The third kappa shape index (κ3) is 4.83. The molecule has 0 amide bonds. The topological polar surface area (TPSA) is 43.3 Å². The van der Waals surface area contributed by atoms with Crippen LogP contribution in [-0.4, -0.2) is 79.5 Å². The summed E-state index contributed by atoms with van der Waals surface area (Å²) in [4.78, 5) is 11.7. The number of hydrogen-bond donors (Lipinski definition) is 1. The number of allylic oxidation sites excluding steroid dienone is 2. The van der Waals surface area contributed by atoms with Crippen molar-refractivity contribution in [3.63, 3.8) is 0 Å². The van der Waals surface area contributed by atoms with Crippen LogP contribution in [0.2, 0.25) is 0 Å². The number of ether oxygens (including phenoxy) is 1. The van der Waals surface area contributed by atoms with Crippen molar-refractivity contribution in [1.82, 2.24) is 20.0 Å². The van der Waals surface area contributed by atoms with Crippen LogP contribution in [0.3, 0.4) is 0 Å². The highest BCUT2D eigenvalue weighted by molar-refractivity contribution is 5.97. The Morgan fingerprint density at radius 3 is 3.03 bits per heavy atom. The van der Waals surface area contributed by atoms with Gasteiger partial charge in [-0.25, -0.2) is 4.39 Å². The molecular formula is C24H34FN5O. The number of rotatable bonds is 3. The first-order valence-corrected chi connectivity index (χ1v) is 11.1. The standard InChI is InChI=1S/C24H32FN5O.H2/c1-4-10-29-13-14-30-12-9-26-23-8-11-28(3)24(27-23)20(5-2)21-15-19(6-7-22(21)25)31-17-18(30)16-29;/h5-8,11,15,18H,2,4,9-10,12-14,16-17H2,1,3H3,(H,26,27);1H/b24-20+;/t18-;/m0./s1. The van der Waals surface area contributed by atoms with E-state index in [2.05, 4.69) is 28.6 Å². The Hall–Kier alpha value is -2.64. The summed E-state index contributed by atoms with van der Waals surface area (Å²) in [6.45, 7) is 12.4. The van der Waals surface area contributed by atoms with Crippen LogP contribution < -0.4 is 10.1 Å². The van der Waals surface area contributed by atoms with Gasteiger partial charge in [-0.15, -0.1) is 0 Å². The van der Waals surface area contributed by atoms with E-state index < -0.39 is 0 Å². The highest BCUT2D eigenvalue weighted by Gasteiger charge is 2.27. The van der Waals surface area contributed by atoms with Crippen LogP contribution in [0.5, 0.6) is 5.75 Å². The summed E-state index contributed by atoms with van der Waals surface area (Å²) in [5.41, 5.74) is 1.13. The number of benzene rings is 1. The molecule has 1 atom stereocenters. The smallest absolute Gasteiger partial charge is 0.131 e. The van der Waals surface area contributed by atoms with Gasteiger partial charge in [0.05, 0.1) is 12.6 Å². The van der Waals surface area contributed by atoms with E-state index in [1.165, 1.54) is 6.07 Å². The molecule has 31 heavy (non-hydrogen) atoms. The van der Waals surface area contributed by atoms with E-state index in [1.807, 2.05) is 24.2 Å². The molecule has 0 radical (unpaired) electrons. The predicted octanol–water partition coefficient (Wildman–Crippen LogP) is 3.16. The van der Waals surface area contributed by atoms with Gasteiger partial charge in [-0.05, 0) is 37.2 Å². The van der Waals surface area contributed by atoms with Gasteiger partial charge in [0.2, 0.25) is 0 Å². The van der Waals surface area contributed by atoms with Crippen LogP contribution in [0.1, 0.15) is 20.3 Å². The van der Waals surface area contributed by atoms with Crippen LogP contribution in [0.15, 0.2) is 53.9 Å². The number of fused-ring (bicyclic) bond motifs is 5. The van der Waals surface area contributed by atoms with E-state index >= 15 is 0 Å². The predicted molar refractivity (Wildman–Crippen MR) is 126 cm³/mol. The Morgan fingerprint density at radius 2 is 2.23 bits per heavy atom. The Kier molecular flexibility index (Phi) is 6.73. The molecule has 1 saturated heterocycles. The average molecular weight is 428 g/mol. The zero-order valence-corrected chi connectivity index (χ0v) is 18.5. The van der Waals surface area contributed by atoms with Crippen LogP contribution in [-0.2, 0) is 0 Å². The lowest BCUT2D eigenvalue weighted by Gasteiger charge is -2.41. The second-order valence-electron chi connectivity index (χ2n) is 8.23. The van der Waals surface area contributed by atoms with Crippen molar-refractivity contribution in [1.29, 1.82) is 0 Å². The quantitative estimate of drug-likeness (QED) is 0.803. The second-order valence-corrected chi connectivity index (χ2v) is 8.23. The molecule has 3 aliphatic heterocycles. The van der Waals surface area contributed by atoms with Crippen molar-refractivity contribution in [3.8, 4) is 5.75 Å². The van der Waals surface area contributed by atoms with Crippen LogP contribution in [0, 0.1) is 5.82 Å². The van der Waals surface area contributed by atoms with E-state index in [9.17, 15) is 4.39 Å². The monoisotopic (exact) mass is 427 g/mol. The molecule has 4 rings (SSSR count). The van der Waals surface area contributed by atoms with Crippen molar-refractivity contribution < 1.29 is 10.6 Å². The number of piperazine rings is 1. The minimum Gasteiger partial charge on any atom is -0.492 e. The second kappa shape index (κ2) is 9.66. The van der Waals surface area contributed by atoms with Gasteiger partial charge in [-0.3, -0.25) is 9.89 Å². The van der Waals surface area contributed by atoms with Gasteiger partial charge in [-0.1, -0.05) is 19.6 Å². The fourth-order valence-electron chi connectivity index (χ4n) is 4.41. The molecule has 1 fully saturated rings. The Balaban J connectivity index is 0.00000289. The van der Waals surface area contributed by atoms with Crippen molar-refractivity contribution in [2.75, 3.05) is 52.9 Å². The van der Waals surface area contributed by atoms with Crippen molar-refractivity contribution >= 4 is 11.4 Å². The highest BCUT2D eigenvalue weighted by atomic mass is 19.1. The van der Waals surface area contributed by atoms with E-state index in [4.69, 9.17) is 9.73 Å². The van der Waals surface area contributed by atoms with Gasteiger partial charge in [-0.2, -0.15) is 0 Å². The van der Waals surface area contributed by atoms with Crippen LogP contribution >= 0.6 is 0 Å². The molecule has 4 bridgehead atoms. The van der Waals surface area contributed by atoms with E-state index in [0.717, 1.165) is 50.8 Å². The molecule has 0 unspecified atom stereocenters. The summed E-state index contributed by atoms with van der Waals surface area (Å²) in [6.07, 6.45) is 6.70. The van der Waals surface area contributed by atoms with E-state index in [1.54, 1.807) is 18.2 Å². The Morgan fingerprint density at radius 1 is 1.35 bits per heavy atom. The van der Waals surface area contributed by atoms with Gasteiger partial charge in [0.25, 0.3) is 0 Å². The Labute approximate surface area is 185 Å². The third-order valence-corrected chi connectivity index (χ3v) is 6.08. The minimum absolute atomic E-state index is 0. The molecule has 0 spiro atoms. The molecule has 0 saturated carbocycles. The molecule has 7 heteroatoms. The molecule has 1 aromatic carbocycles. The SMILES string of the molecule is C=C/C1=C2/NC(=NCCN3CCN(CCC)C[C@H]3COc3ccc(F)c1c3)C=CN2C.[HH]. The first-order chi connectivity index (χ1) is 15.1. The lowest BCUT2D eigenvalue weighted by Crippen LogP contribution is -2.56. The molecule has 168 valence electrons. The van der Waals surface area contributed by atoms with E-state index in [-0.39, 0.29) is 13.3 Å². The lowest BCUT2D eigenvalue weighted by atomic mass is 10.0. The van der Waals surface area contributed by atoms with Gasteiger partial charge in [0.15, 0.2) is 0 Å². The van der Waals surface area contributed by atoms with E-state index in [0.29, 0.717) is 30.0 Å². The molecule has 3 heterocycles. The molecule has 0 aliphatic carbocycles.